The fraction of sp³-hybridized carbons (Fsp3) is 0.348. The summed E-state index contributed by atoms with van der Waals surface area (Å²) in [6.07, 6.45) is 5.91. The first kappa shape index (κ1) is 18.8. The summed E-state index contributed by atoms with van der Waals surface area (Å²) >= 11 is 0. The van der Waals surface area contributed by atoms with E-state index in [0.717, 1.165) is 42.4 Å². The van der Waals surface area contributed by atoms with Crippen LogP contribution in [-0.4, -0.2) is 17.6 Å². The molecule has 0 aliphatic heterocycles. The molecule has 0 N–H and O–H groups in total. The quantitative estimate of drug-likeness (QED) is 0.332. The Bertz CT molecular complexity index is 861. The first-order valence-electron chi connectivity index (χ1n) is 9.57. The molecule has 4 heteroatoms. The van der Waals surface area contributed by atoms with Crippen LogP contribution >= 0.6 is 0 Å². The largest absolute Gasteiger partial charge is 0.461 e. The van der Waals surface area contributed by atoms with Crippen molar-refractivity contribution in [3.05, 3.63) is 59.4 Å². The number of unbranched alkanes of at least 4 members (excludes halogenated alkanes) is 1. The van der Waals surface area contributed by atoms with Crippen LogP contribution < -0.4 is 0 Å². The van der Waals surface area contributed by atoms with Crippen molar-refractivity contribution in [2.45, 2.75) is 39.5 Å². The van der Waals surface area contributed by atoms with Gasteiger partial charge in [0.15, 0.2) is 0 Å². The zero-order chi connectivity index (χ0) is 19.2. The number of nitriles is 1. The van der Waals surface area contributed by atoms with Gasteiger partial charge in [-0.1, -0.05) is 63.4 Å². The summed E-state index contributed by atoms with van der Waals surface area (Å²) in [5.41, 5.74) is 4.08. The van der Waals surface area contributed by atoms with Crippen LogP contribution in [0.1, 0.15) is 50.8 Å². The van der Waals surface area contributed by atoms with Gasteiger partial charge in [0.2, 0.25) is 0 Å². The highest BCUT2D eigenvalue weighted by atomic mass is 16.5. The van der Waals surface area contributed by atoms with Crippen LogP contribution in [0.4, 0.5) is 0 Å². The number of benzene rings is 1. The van der Waals surface area contributed by atoms with Crippen LogP contribution in [0.25, 0.3) is 16.7 Å². The molecule has 1 aliphatic rings. The Kier molecular flexibility index (Phi) is 6.03. The van der Waals surface area contributed by atoms with Gasteiger partial charge >= 0.3 is 5.97 Å². The maximum absolute atomic E-state index is 12.7. The molecule has 0 amide bonds. The Labute approximate surface area is 160 Å². The Hall–Kier alpha value is -2.93. The second kappa shape index (κ2) is 8.64. The van der Waals surface area contributed by atoms with E-state index in [1.165, 1.54) is 0 Å². The van der Waals surface area contributed by atoms with Crippen LogP contribution in [0.2, 0.25) is 0 Å². The number of aromatic nitrogens is 1. The SMILES string of the molecule is CCCCC(CC)COC(=O)/C(C#N)=C1/c2ccccc2-c2cccnc21. The highest BCUT2D eigenvalue weighted by molar-refractivity contribution is 6.11. The number of carbonyl (C=O) groups excluding carboxylic acids is 1. The van der Waals surface area contributed by atoms with E-state index < -0.39 is 5.97 Å². The molecule has 0 radical (unpaired) electrons. The molecule has 2 aromatic rings. The van der Waals surface area contributed by atoms with E-state index in [2.05, 4.69) is 24.9 Å². The molecule has 1 aliphatic carbocycles. The lowest BCUT2D eigenvalue weighted by Crippen LogP contribution is -2.16. The second-order valence-corrected chi connectivity index (χ2v) is 6.82. The Morgan fingerprint density at radius 3 is 2.59 bits per heavy atom. The number of fused-ring (bicyclic) bond motifs is 3. The number of rotatable bonds is 7. The maximum atomic E-state index is 12.7. The van der Waals surface area contributed by atoms with Gasteiger partial charge in [0.05, 0.1) is 12.3 Å². The first-order valence-corrected chi connectivity index (χ1v) is 9.57. The molecule has 1 aromatic heterocycles. The van der Waals surface area contributed by atoms with Crippen molar-refractivity contribution in [2.75, 3.05) is 6.61 Å². The number of hydrogen-bond acceptors (Lipinski definition) is 4. The highest BCUT2D eigenvalue weighted by Gasteiger charge is 2.30. The number of esters is 1. The monoisotopic (exact) mass is 360 g/mol. The minimum Gasteiger partial charge on any atom is -0.461 e. The molecular formula is C23H24N2O2. The molecule has 3 rings (SSSR count). The summed E-state index contributed by atoms with van der Waals surface area (Å²) in [7, 11) is 0. The molecule has 0 saturated heterocycles. The van der Waals surface area contributed by atoms with Crippen LogP contribution in [-0.2, 0) is 9.53 Å². The van der Waals surface area contributed by atoms with Crippen molar-refractivity contribution in [2.24, 2.45) is 5.92 Å². The number of ether oxygens (including phenoxy) is 1. The lowest BCUT2D eigenvalue weighted by molar-refractivity contribution is -0.139. The number of hydrogen-bond donors (Lipinski definition) is 0. The van der Waals surface area contributed by atoms with Gasteiger partial charge in [-0.15, -0.1) is 0 Å². The Morgan fingerprint density at radius 1 is 1.15 bits per heavy atom. The fourth-order valence-electron chi connectivity index (χ4n) is 3.51. The number of nitrogens with zero attached hydrogens (tertiary/aromatic N) is 2. The minimum absolute atomic E-state index is 0.0326. The molecule has 0 saturated carbocycles. The van der Waals surface area contributed by atoms with Gasteiger partial charge < -0.3 is 4.74 Å². The average Bonchev–Trinajstić information content (AvgIpc) is 3.04. The smallest absolute Gasteiger partial charge is 0.349 e. The third kappa shape index (κ3) is 3.78. The summed E-state index contributed by atoms with van der Waals surface area (Å²) in [5.74, 6) is -0.226. The zero-order valence-electron chi connectivity index (χ0n) is 15.9. The third-order valence-corrected chi connectivity index (χ3v) is 5.09. The van der Waals surface area contributed by atoms with Gasteiger partial charge in [0.25, 0.3) is 0 Å². The molecule has 138 valence electrons. The third-order valence-electron chi connectivity index (χ3n) is 5.09. The van der Waals surface area contributed by atoms with E-state index in [-0.39, 0.29) is 5.57 Å². The van der Waals surface area contributed by atoms with Crippen molar-refractivity contribution >= 4 is 11.5 Å². The van der Waals surface area contributed by atoms with Gasteiger partial charge in [-0.3, -0.25) is 4.98 Å². The average molecular weight is 360 g/mol. The van der Waals surface area contributed by atoms with Crippen LogP contribution in [0.15, 0.2) is 48.2 Å². The number of carbonyl (C=O) groups is 1. The van der Waals surface area contributed by atoms with Crippen LogP contribution in [0.5, 0.6) is 0 Å². The molecule has 0 spiro atoms. The number of pyridine rings is 1. The normalized spacial score (nSPS) is 14.7. The van der Waals surface area contributed by atoms with E-state index >= 15 is 0 Å². The van der Waals surface area contributed by atoms with E-state index in [0.29, 0.717) is 23.8 Å². The van der Waals surface area contributed by atoms with Gasteiger partial charge in [0, 0.05) is 17.3 Å². The summed E-state index contributed by atoms with van der Waals surface area (Å²) in [5, 5.41) is 9.74. The molecule has 1 atom stereocenters. The predicted molar refractivity (Wildman–Crippen MR) is 106 cm³/mol. The standard InChI is InChI=1S/C23H24N2O2/c1-3-5-9-16(4-2)15-27-23(26)20(14-24)21-18-11-7-6-10-17(18)19-12-8-13-25-22(19)21/h6-8,10-13,16H,3-5,9,15H2,1-2H3/b21-20-. The Balaban J connectivity index is 1.93. The van der Waals surface area contributed by atoms with Crippen molar-refractivity contribution in [1.29, 1.82) is 5.26 Å². The summed E-state index contributed by atoms with van der Waals surface area (Å²) < 4.78 is 5.54. The minimum atomic E-state index is -0.559. The summed E-state index contributed by atoms with van der Waals surface area (Å²) in [6, 6.07) is 13.7. The van der Waals surface area contributed by atoms with Crippen molar-refractivity contribution < 1.29 is 9.53 Å². The van der Waals surface area contributed by atoms with Crippen LogP contribution in [0.3, 0.4) is 0 Å². The molecule has 1 unspecified atom stereocenters. The van der Waals surface area contributed by atoms with E-state index in [4.69, 9.17) is 4.74 Å². The van der Waals surface area contributed by atoms with Gasteiger partial charge in [0.1, 0.15) is 11.6 Å². The molecule has 0 fully saturated rings. The fourth-order valence-corrected chi connectivity index (χ4v) is 3.51. The second-order valence-electron chi connectivity index (χ2n) is 6.82. The lowest BCUT2D eigenvalue weighted by atomic mass is 10.00. The summed E-state index contributed by atoms with van der Waals surface area (Å²) in [4.78, 5) is 17.2. The topological polar surface area (TPSA) is 63.0 Å². The van der Waals surface area contributed by atoms with Gasteiger partial charge in [-0.05, 0) is 29.5 Å². The molecule has 27 heavy (non-hydrogen) atoms. The van der Waals surface area contributed by atoms with Gasteiger partial charge in [-0.2, -0.15) is 5.26 Å². The van der Waals surface area contributed by atoms with E-state index in [9.17, 15) is 10.1 Å². The summed E-state index contributed by atoms with van der Waals surface area (Å²) in [6.45, 7) is 4.61. The zero-order valence-corrected chi connectivity index (χ0v) is 15.9. The van der Waals surface area contributed by atoms with Crippen LogP contribution in [0, 0.1) is 17.2 Å². The molecule has 1 heterocycles. The highest BCUT2D eigenvalue weighted by Crippen LogP contribution is 2.44. The lowest BCUT2D eigenvalue weighted by Gasteiger charge is -2.15. The predicted octanol–water partition coefficient (Wildman–Crippen LogP) is 5.15. The molecule has 1 aromatic carbocycles. The van der Waals surface area contributed by atoms with Crippen molar-refractivity contribution in [1.82, 2.24) is 4.98 Å². The molecule has 0 bridgehead atoms. The van der Waals surface area contributed by atoms with Gasteiger partial charge in [-0.25, -0.2) is 4.79 Å². The van der Waals surface area contributed by atoms with E-state index in [1.54, 1.807) is 6.20 Å². The Morgan fingerprint density at radius 2 is 1.89 bits per heavy atom. The first-order chi connectivity index (χ1) is 13.2. The molecule has 4 nitrogen and oxygen atoms in total. The van der Waals surface area contributed by atoms with Crippen molar-refractivity contribution in [3.8, 4) is 17.2 Å². The van der Waals surface area contributed by atoms with E-state index in [1.807, 2.05) is 36.4 Å². The van der Waals surface area contributed by atoms with Crippen molar-refractivity contribution in [3.63, 3.8) is 0 Å². The maximum Gasteiger partial charge on any atom is 0.349 e. The molecular weight excluding hydrogens is 336 g/mol.